The minimum Gasteiger partial charge on any atom is -0.351 e. The van der Waals surface area contributed by atoms with Crippen molar-refractivity contribution >= 4 is 40.2 Å². The van der Waals surface area contributed by atoms with Crippen LogP contribution in [-0.4, -0.2) is 68.7 Å². The van der Waals surface area contributed by atoms with Crippen molar-refractivity contribution in [2.45, 2.75) is 45.3 Å². The number of hydrogen-bond donors (Lipinski definition) is 2. The van der Waals surface area contributed by atoms with Crippen LogP contribution < -0.4 is 5.32 Å². The van der Waals surface area contributed by atoms with Crippen molar-refractivity contribution in [2.75, 3.05) is 13.1 Å². The van der Waals surface area contributed by atoms with Gasteiger partial charge in [-0.05, 0) is 36.1 Å². The number of halogens is 1. The van der Waals surface area contributed by atoms with Crippen LogP contribution in [0.15, 0.2) is 72.9 Å². The zero-order valence-corrected chi connectivity index (χ0v) is 24.0. The highest BCUT2D eigenvalue weighted by atomic mass is 35.5. The molecule has 4 heterocycles. The van der Waals surface area contributed by atoms with Gasteiger partial charge < -0.3 is 20.1 Å². The molecule has 0 unspecified atom stereocenters. The Hall–Kier alpha value is -4.17. The van der Waals surface area contributed by atoms with Crippen molar-refractivity contribution < 1.29 is 14.4 Å². The monoisotopic (exact) mass is 569 g/mol. The molecule has 210 valence electrons. The molecule has 0 saturated carbocycles. The van der Waals surface area contributed by atoms with Crippen LogP contribution in [0.25, 0.3) is 22.0 Å². The highest BCUT2D eigenvalue weighted by Crippen LogP contribution is 2.34. The van der Waals surface area contributed by atoms with Crippen molar-refractivity contribution in [3.63, 3.8) is 0 Å². The van der Waals surface area contributed by atoms with E-state index in [1.807, 2.05) is 85.2 Å². The Bertz CT molecular complexity index is 1610. The fraction of sp³-hybridized carbons (Fsp3) is 0.312. The number of fused-ring (bicyclic) bond motifs is 3. The van der Waals surface area contributed by atoms with E-state index in [0.717, 1.165) is 22.0 Å². The van der Waals surface area contributed by atoms with Gasteiger partial charge >= 0.3 is 0 Å². The third kappa shape index (κ3) is 5.08. The largest absolute Gasteiger partial charge is 0.351 e. The van der Waals surface area contributed by atoms with Gasteiger partial charge in [-0.1, -0.05) is 74.8 Å². The summed E-state index contributed by atoms with van der Waals surface area (Å²) < 4.78 is 0. The molecule has 2 aromatic heterocycles. The number of pyridine rings is 1. The summed E-state index contributed by atoms with van der Waals surface area (Å²) in [6.07, 6.45) is 2.38. The summed E-state index contributed by atoms with van der Waals surface area (Å²) in [4.78, 5) is 51.7. The smallest absolute Gasteiger partial charge is 0.272 e. The van der Waals surface area contributed by atoms with Gasteiger partial charge in [-0.25, -0.2) is 0 Å². The molecule has 2 fully saturated rings. The topological polar surface area (TPSA) is 98.4 Å². The molecule has 2 aliphatic rings. The molecular formula is C32H32ClN5O3. The predicted molar refractivity (Wildman–Crippen MR) is 159 cm³/mol. The lowest BCUT2D eigenvalue weighted by Crippen LogP contribution is -2.59. The van der Waals surface area contributed by atoms with E-state index in [0.29, 0.717) is 35.9 Å². The second-order valence-corrected chi connectivity index (χ2v) is 12.4. The number of aromatic amines is 1. The molecule has 2 saturated heterocycles. The summed E-state index contributed by atoms with van der Waals surface area (Å²) in [6.45, 7) is 6.72. The average Bonchev–Trinajstić information content (AvgIpc) is 3.69. The maximum atomic E-state index is 13.8. The van der Waals surface area contributed by atoms with Gasteiger partial charge in [0, 0.05) is 46.3 Å². The number of benzene rings is 2. The molecule has 3 atom stereocenters. The van der Waals surface area contributed by atoms with Crippen LogP contribution in [0.4, 0.5) is 0 Å². The molecule has 2 aliphatic heterocycles. The van der Waals surface area contributed by atoms with Crippen LogP contribution >= 0.6 is 11.6 Å². The predicted octanol–water partition coefficient (Wildman–Crippen LogP) is 5.15. The summed E-state index contributed by atoms with van der Waals surface area (Å²) in [5, 5.41) is 4.55. The maximum Gasteiger partial charge on any atom is 0.272 e. The number of carbonyl (C=O) groups is 3. The van der Waals surface area contributed by atoms with Gasteiger partial charge in [0.25, 0.3) is 11.8 Å². The molecule has 3 amide bonds. The van der Waals surface area contributed by atoms with Crippen LogP contribution in [0.1, 0.15) is 48.2 Å². The molecule has 8 nitrogen and oxygen atoms in total. The van der Waals surface area contributed by atoms with E-state index in [9.17, 15) is 14.4 Å². The quantitative estimate of drug-likeness (QED) is 0.347. The summed E-state index contributed by atoms with van der Waals surface area (Å²) >= 11 is 6.31. The number of carbonyl (C=O) groups excluding carboxylic acids is 3. The number of nitrogens with zero attached hydrogens (tertiary/aromatic N) is 3. The van der Waals surface area contributed by atoms with Crippen molar-refractivity contribution in [1.82, 2.24) is 25.1 Å². The first-order valence-corrected chi connectivity index (χ1v) is 14.2. The zero-order chi connectivity index (χ0) is 28.9. The van der Waals surface area contributed by atoms with Crippen LogP contribution in [-0.2, 0) is 4.79 Å². The van der Waals surface area contributed by atoms with Gasteiger partial charge in [0.05, 0.1) is 12.1 Å². The second-order valence-electron chi connectivity index (χ2n) is 11.9. The summed E-state index contributed by atoms with van der Waals surface area (Å²) in [7, 11) is 0. The number of aromatic nitrogens is 2. The Balaban J connectivity index is 1.13. The Morgan fingerprint density at radius 2 is 1.68 bits per heavy atom. The number of hydrogen-bond acceptors (Lipinski definition) is 4. The first-order valence-electron chi connectivity index (χ1n) is 13.8. The van der Waals surface area contributed by atoms with Crippen molar-refractivity contribution in [2.24, 2.45) is 5.41 Å². The molecule has 0 aliphatic carbocycles. The van der Waals surface area contributed by atoms with Gasteiger partial charge in [0.1, 0.15) is 17.4 Å². The summed E-state index contributed by atoms with van der Waals surface area (Å²) in [6, 6.07) is 19.7. The molecule has 6 rings (SSSR count). The minimum atomic E-state index is -0.719. The molecule has 4 aromatic rings. The highest BCUT2D eigenvalue weighted by molar-refractivity contribution is 6.33. The van der Waals surface area contributed by atoms with Crippen LogP contribution in [0.3, 0.4) is 0 Å². The van der Waals surface area contributed by atoms with E-state index in [4.69, 9.17) is 11.6 Å². The van der Waals surface area contributed by atoms with Crippen molar-refractivity contribution in [3.8, 4) is 11.1 Å². The van der Waals surface area contributed by atoms with Gasteiger partial charge in [-0.3, -0.25) is 19.4 Å². The van der Waals surface area contributed by atoms with Gasteiger partial charge in [0.15, 0.2) is 0 Å². The first kappa shape index (κ1) is 27.0. The van der Waals surface area contributed by atoms with Crippen molar-refractivity contribution in [1.29, 1.82) is 0 Å². The minimum absolute atomic E-state index is 0.0912. The van der Waals surface area contributed by atoms with Crippen molar-refractivity contribution in [3.05, 3.63) is 89.3 Å². The van der Waals surface area contributed by atoms with Crippen LogP contribution in [0.2, 0.25) is 5.02 Å². The van der Waals surface area contributed by atoms with E-state index in [2.05, 4.69) is 15.3 Å². The SMILES string of the molecule is CC(C)(C)[C@H](NC(=O)c1cc2ccccc2[nH]1)C(=O)N1C[C@@H]2C[C@H]1CN2C(=O)c1ccc(-c2ccccc2Cl)cn1. The average molecular weight is 570 g/mol. The Labute approximate surface area is 243 Å². The lowest BCUT2D eigenvalue weighted by atomic mass is 9.85. The van der Waals surface area contributed by atoms with Gasteiger partial charge in [-0.15, -0.1) is 0 Å². The lowest BCUT2D eigenvalue weighted by molar-refractivity contribution is -0.138. The van der Waals surface area contributed by atoms with E-state index in [1.54, 1.807) is 18.3 Å². The molecule has 9 heteroatoms. The number of H-pyrrole nitrogens is 1. The molecule has 2 N–H and O–H groups in total. The van der Waals surface area contributed by atoms with E-state index < -0.39 is 11.5 Å². The fourth-order valence-electron chi connectivity index (χ4n) is 5.93. The van der Waals surface area contributed by atoms with E-state index in [-0.39, 0.29) is 29.8 Å². The number of likely N-dealkylation sites (tertiary alicyclic amines) is 2. The number of amides is 3. The third-order valence-corrected chi connectivity index (χ3v) is 8.44. The number of rotatable bonds is 5. The number of para-hydroxylation sites is 1. The molecule has 41 heavy (non-hydrogen) atoms. The lowest BCUT2D eigenvalue weighted by Gasteiger charge is -2.39. The first-order chi connectivity index (χ1) is 19.6. The summed E-state index contributed by atoms with van der Waals surface area (Å²) in [5.74, 6) is -0.583. The molecule has 0 spiro atoms. The third-order valence-electron chi connectivity index (χ3n) is 8.11. The summed E-state index contributed by atoms with van der Waals surface area (Å²) in [5.41, 5.74) is 2.84. The second kappa shape index (κ2) is 10.3. The van der Waals surface area contributed by atoms with E-state index >= 15 is 0 Å². The Morgan fingerprint density at radius 3 is 2.34 bits per heavy atom. The van der Waals surface area contributed by atoms with Gasteiger partial charge in [0.2, 0.25) is 5.91 Å². The molecule has 2 bridgehead atoms. The fourth-order valence-corrected chi connectivity index (χ4v) is 6.17. The maximum absolute atomic E-state index is 13.8. The number of piperazine rings is 1. The standard InChI is InChI=1S/C32H32ClN5O3/c1-32(2,3)28(36-29(39)27-14-19-8-4-7-11-25(19)35-27)31(41)38-18-21-15-22(38)17-37(21)30(40)26-13-12-20(16-34-26)23-9-5-6-10-24(23)33/h4-14,16,21-22,28,35H,15,17-18H2,1-3H3,(H,36,39)/t21-,22-,28+/m0/s1. The zero-order valence-electron chi connectivity index (χ0n) is 23.2. The Kier molecular flexibility index (Phi) is 6.82. The normalized spacial score (nSPS) is 19.0. The van der Waals surface area contributed by atoms with E-state index in [1.165, 1.54) is 0 Å². The highest BCUT2D eigenvalue weighted by Gasteiger charge is 2.50. The van der Waals surface area contributed by atoms with Crippen LogP contribution in [0.5, 0.6) is 0 Å². The molecular weight excluding hydrogens is 538 g/mol. The van der Waals surface area contributed by atoms with Gasteiger partial charge in [-0.2, -0.15) is 0 Å². The molecule has 0 radical (unpaired) electrons. The number of nitrogens with one attached hydrogen (secondary N) is 2. The van der Waals surface area contributed by atoms with Crippen LogP contribution in [0, 0.1) is 5.41 Å². The Morgan fingerprint density at radius 1 is 0.976 bits per heavy atom. The molecule has 2 aromatic carbocycles.